The van der Waals surface area contributed by atoms with Crippen molar-refractivity contribution in [1.82, 2.24) is 0 Å². The Morgan fingerprint density at radius 1 is 1.00 bits per heavy atom. The number of rotatable bonds is 4. The summed E-state index contributed by atoms with van der Waals surface area (Å²) in [4.78, 5) is 12.0. The second kappa shape index (κ2) is 6.65. The number of ether oxygens (including phenoxy) is 1. The molecule has 0 aliphatic carbocycles. The summed E-state index contributed by atoms with van der Waals surface area (Å²) in [6.45, 7) is 5.59. The van der Waals surface area contributed by atoms with E-state index in [1.807, 2.05) is 69.3 Å². The minimum Gasteiger partial charge on any atom is -0.456 e. The number of hydrogen-bond acceptors (Lipinski definition) is 3. The van der Waals surface area contributed by atoms with Crippen molar-refractivity contribution < 1.29 is 9.53 Å². The van der Waals surface area contributed by atoms with Crippen LogP contribution in [0.5, 0.6) is 0 Å². The third-order valence-corrected chi connectivity index (χ3v) is 3.33. The highest BCUT2D eigenvalue weighted by molar-refractivity contribution is 5.89. The maximum atomic E-state index is 12.0. The van der Waals surface area contributed by atoms with Crippen molar-refractivity contribution in [2.24, 2.45) is 0 Å². The van der Waals surface area contributed by atoms with Crippen LogP contribution in [0.4, 0.5) is 5.69 Å². The Morgan fingerprint density at radius 3 is 2.23 bits per heavy atom. The molecule has 0 saturated heterocycles. The van der Waals surface area contributed by atoms with Gasteiger partial charge in [0.05, 0.1) is 5.56 Å². The molecule has 0 atom stereocenters. The number of aryl methyl sites for hydroxylation is 2. The van der Waals surface area contributed by atoms with Crippen LogP contribution < -0.4 is 5.73 Å². The maximum absolute atomic E-state index is 12.0. The summed E-state index contributed by atoms with van der Waals surface area (Å²) in [5.41, 5.74) is 9.21. The fraction of sp³-hybridized carbons (Fsp3) is 0.316. The molecule has 0 fully saturated rings. The van der Waals surface area contributed by atoms with Crippen LogP contribution in [0.3, 0.4) is 0 Å². The van der Waals surface area contributed by atoms with Crippen molar-refractivity contribution in [3.63, 3.8) is 0 Å². The number of carbonyl (C=O) groups is 1. The van der Waals surface area contributed by atoms with E-state index in [2.05, 4.69) is 0 Å². The minimum atomic E-state index is -0.472. The van der Waals surface area contributed by atoms with Gasteiger partial charge in [0.15, 0.2) is 0 Å². The zero-order valence-corrected chi connectivity index (χ0v) is 13.4. The number of para-hydroxylation sites is 1. The van der Waals surface area contributed by atoms with Gasteiger partial charge in [-0.15, -0.1) is 0 Å². The topological polar surface area (TPSA) is 52.3 Å². The Balaban J connectivity index is 1.98. The largest absolute Gasteiger partial charge is 0.456 e. The van der Waals surface area contributed by atoms with E-state index < -0.39 is 5.60 Å². The van der Waals surface area contributed by atoms with Crippen molar-refractivity contribution in [1.29, 1.82) is 0 Å². The molecule has 0 amide bonds. The van der Waals surface area contributed by atoms with E-state index in [1.165, 1.54) is 5.56 Å². The first-order valence-electron chi connectivity index (χ1n) is 7.51. The molecule has 2 N–H and O–H groups in total. The number of benzene rings is 2. The number of anilines is 1. The molecular formula is C19H23NO2. The Kier molecular flexibility index (Phi) is 4.86. The van der Waals surface area contributed by atoms with Crippen LogP contribution in [0.15, 0.2) is 48.5 Å². The van der Waals surface area contributed by atoms with Crippen molar-refractivity contribution in [2.75, 3.05) is 5.73 Å². The van der Waals surface area contributed by atoms with Gasteiger partial charge in [-0.3, -0.25) is 0 Å². The summed E-state index contributed by atoms with van der Waals surface area (Å²) in [7, 11) is 0. The van der Waals surface area contributed by atoms with Crippen molar-refractivity contribution >= 4 is 11.7 Å². The summed E-state index contributed by atoms with van der Waals surface area (Å²) in [6, 6.07) is 15.5. The first-order valence-corrected chi connectivity index (χ1v) is 7.51. The van der Waals surface area contributed by atoms with Crippen LogP contribution in [-0.4, -0.2) is 11.6 Å². The van der Waals surface area contributed by atoms with Crippen LogP contribution in [0, 0.1) is 0 Å². The molecule has 22 heavy (non-hydrogen) atoms. The zero-order chi connectivity index (χ0) is 16.2. The number of nitrogen functional groups attached to an aromatic ring is 1. The van der Waals surface area contributed by atoms with Gasteiger partial charge < -0.3 is 10.5 Å². The van der Waals surface area contributed by atoms with Gasteiger partial charge in [0, 0.05) is 5.69 Å². The Morgan fingerprint density at radius 2 is 1.64 bits per heavy atom. The Labute approximate surface area is 132 Å². The molecule has 0 bridgehead atoms. The van der Waals surface area contributed by atoms with Gasteiger partial charge >= 0.3 is 5.97 Å². The van der Waals surface area contributed by atoms with Gasteiger partial charge in [0.2, 0.25) is 0 Å². The summed E-state index contributed by atoms with van der Waals surface area (Å²) in [6.07, 6.45) is 1.78. The van der Waals surface area contributed by atoms with Crippen LogP contribution in [0.1, 0.15) is 42.3 Å². The number of hydrogen-bond donors (Lipinski definition) is 1. The highest BCUT2D eigenvalue weighted by Gasteiger charge is 2.17. The Hall–Kier alpha value is -2.29. The first-order chi connectivity index (χ1) is 10.3. The molecule has 2 aromatic carbocycles. The second-order valence-electron chi connectivity index (χ2n) is 6.40. The van der Waals surface area contributed by atoms with Gasteiger partial charge in [-0.05, 0) is 62.9 Å². The normalized spacial score (nSPS) is 11.2. The molecule has 0 radical (unpaired) electrons. The van der Waals surface area contributed by atoms with Gasteiger partial charge in [0.25, 0.3) is 0 Å². The van der Waals surface area contributed by atoms with E-state index in [0.717, 1.165) is 24.1 Å². The molecule has 3 nitrogen and oxygen atoms in total. The number of nitrogens with two attached hydrogens (primary N) is 1. The molecule has 116 valence electrons. The summed E-state index contributed by atoms with van der Waals surface area (Å²) in [5, 5.41) is 0. The van der Waals surface area contributed by atoms with E-state index in [1.54, 1.807) is 0 Å². The van der Waals surface area contributed by atoms with Crippen LogP contribution in [0.2, 0.25) is 0 Å². The monoisotopic (exact) mass is 297 g/mol. The SMILES string of the molecule is CC(C)(C)OC(=O)c1ccc(CCc2ccccc2N)cc1. The first kappa shape index (κ1) is 16.1. The Bertz CT molecular complexity index is 639. The molecule has 0 saturated carbocycles. The second-order valence-corrected chi connectivity index (χ2v) is 6.40. The van der Waals surface area contributed by atoms with Gasteiger partial charge in [0.1, 0.15) is 5.60 Å². The van der Waals surface area contributed by atoms with Gasteiger partial charge in [-0.1, -0.05) is 30.3 Å². The smallest absolute Gasteiger partial charge is 0.338 e. The van der Waals surface area contributed by atoms with Crippen molar-refractivity contribution in [2.45, 2.75) is 39.2 Å². The highest BCUT2D eigenvalue weighted by atomic mass is 16.6. The minimum absolute atomic E-state index is 0.286. The lowest BCUT2D eigenvalue weighted by molar-refractivity contribution is 0.00695. The third kappa shape index (κ3) is 4.62. The van der Waals surface area contributed by atoms with E-state index in [0.29, 0.717) is 5.56 Å². The van der Waals surface area contributed by atoms with Gasteiger partial charge in [-0.2, -0.15) is 0 Å². The fourth-order valence-electron chi connectivity index (χ4n) is 2.19. The molecule has 2 rings (SSSR count). The highest BCUT2D eigenvalue weighted by Crippen LogP contribution is 2.16. The van der Waals surface area contributed by atoms with Crippen molar-refractivity contribution in [3.05, 3.63) is 65.2 Å². The molecule has 0 aliphatic heterocycles. The van der Waals surface area contributed by atoms with E-state index in [-0.39, 0.29) is 5.97 Å². The predicted octanol–water partition coefficient (Wildman–Crippen LogP) is 4.01. The molecule has 0 unspecified atom stereocenters. The molecular weight excluding hydrogens is 274 g/mol. The lowest BCUT2D eigenvalue weighted by Gasteiger charge is -2.19. The summed E-state index contributed by atoms with van der Waals surface area (Å²) >= 11 is 0. The van der Waals surface area contributed by atoms with Gasteiger partial charge in [-0.25, -0.2) is 4.79 Å². The number of esters is 1. The lowest BCUT2D eigenvalue weighted by Crippen LogP contribution is -2.23. The fourth-order valence-corrected chi connectivity index (χ4v) is 2.19. The van der Waals surface area contributed by atoms with Crippen LogP contribution >= 0.6 is 0 Å². The average molecular weight is 297 g/mol. The molecule has 0 aromatic heterocycles. The standard InChI is InChI=1S/C19H23NO2/c1-19(2,3)22-18(21)16-12-9-14(10-13-16)8-11-15-6-4-5-7-17(15)20/h4-7,9-10,12-13H,8,11,20H2,1-3H3. The number of carbonyl (C=O) groups excluding carboxylic acids is 1. The molecule has 0 aliphatic rings. The summed E-state index contributed by atoms with van der Waals surface area (Å²) in [5.74, 6) is -0.286. The van der Waals surface area contributed by atoms with E-state index in [4.69, 9.17) is 10.5 Å². The third-order valence-electron chi connectivity index (χ3n) is 3.33. The van der Waals surface area contributed by atoms with Crippen molar-refractivity contribution in [3.8, 4) is 0 Å². The lowest BCUT2D eigenvalue weighted by atomic mass is 10.0. The summed E-state index contributed by atoms with van der Waals surface area (Å²) < 4.78 is 5.35. The average Bonchev–Trinajstić information content (AvgIpc) is 2.45. The molecule has 0 heterocycles. The van der Waals surface area contributed by atoms with Crippen LogP contribution in [0.25, 0.3) is 0 Å². The molecule has 2 aromatic rings. The van der Waals surface area contributed by atoms with E-state index >= 15 is 0 Å². The quantitative estimate of drug-likeness (QED) is 0.685. The van der Waals surface area contributed by atoms with Crippen LogP contribution in [-0.2, 0) is 17.6 Å². The molecule has 3 heteroatoms. The van der Waals surface area contributed by atoms with E-state index in [9.17, 15) is 4.79 Å². The maximum Gasteiger partial charge on any atom is 0.338 e. The molecule has 0 spiro atoms. The predicted molar refractivity (Wildman–Crippen MR) is 89.9 cm³/mol. The zero-order valence-electron chi connectivity index (χ0n) is 13.4.